The van der Waals surface area contributed by atoms with Crippen molar-refractivity contribution >= 4 is 10.8 Å². The molecule has 0 saturated heterocycles. The van der Waals surface area contributed by atoms with Gasteiger partial charge in [0.1, 0.15) is 0 Å². The van der Waals surface area contributed by atoms with Crippen molar-refractivity contribution in [1.29, 1.82) is 5.26 Å². The van der Waals surface area contributed by atoms with Gasteiger partial charge in [0.05, 0.1) is 11.6 Å². The second-order valence-electron chi connectivity index (χ2n) is 15.1. The van der Waals surface area contributed by atoms with Crippen LogP contribution in [0.1, 0.15) is 5.56 Å². The second kappa shape index (κ2) is 14.6. The number of hydrogen-bond donors (Lipinski definition) is 0. The summed E-state index contributed by atoms with van der Waals surface area (Å²) in [5.74, 6) is 1.80. The van der Waals surface area contributed by atoms with Gasteiger partial charge in [0, 0.05) is 16.7 Å². The first-order chi connectivity index (χ1) is 29.7. The molecule has 10 aromatic rings. The molecule has 0 saturated carbocycles. The standard InChI is InChI=1S/C56H34N4/c57-35-36-13-10-22-45(33-36)37-25-29-43(30-26-37)55-58-54(42-18-8-3-9-19-42)59-56(60-55)44-31-27-39(28-32-44)48-34-49(38-14-4-1-5-15-38)52-46-23-11-20-40-21-12-24-47(50(40)46)53(52)51(48)41-16-6-2-7-17-41/h1-34H. The topological polar surface area (TPSA) is 62.5 Å². The summed E-state index contributed by atoms with van der Waals surface area (Å²) < 4.78 is 0. The summed E-state index contributed by atoms with van der Waals surface area (Å²) in [5, 5.41) is 12.0. The van der Waals surface area contributed by atoms with Crippen molar-refractivity contribution < 1.29 is 0 Å². The zero-order valence-corrected chi connectivity index (χ0v) is 32.4. The minimum absolute atomic E-state index is 0.589. The lowest BCUT2D eigenvalue weighted by Crippen LogP contribution is -2.00. The van der Waals surface area contributed by atoms with Gasteiger partial charge in [-0.2, -0.15) is 5.26 Å². The lowest BCUT2D eigenvalue weighted by Gasteiger charge is -2.21. The van der Waals surface area contributed by atoms with Gasteiger partial charge in [-0.1, -0.05) is 188 Å². The van der Waals surface area contributed by atoms with Crippen LogP contribution in [0.4, 0.5) is 0 Å². The highest BCUT2D eigenvalue weighted by molar-refractivity contribution is 6.22. The van der Waals surface area contributed by atoms with Gasteiger partial charge in [0.25, 0.3) is 0 Å². The van der Waals surface area contributed by atoms with E-state index in [0.717, 1.165) is 38.9 Å². The van der Waals surface area contributed by atoms with E-state index >= 15 is 0 Å². The van der Waals surface area contributed by atoms with Crippen LogP contribution in [0.5, 0.6) is 0 Å². The Morgan fingerprint density at radius 2 is 0.733 bits per heavy atom. The van der Waals surface area contributed by atoms with Crippen molar-refractivity contribution in [2.45, 2.75) is 0 Å². The Bertz CT molecular complexity index is 3270. The summed E-state index contributed by atoms with van der Waals surface area (Å²) in [4.78, 5) is 15.1. The number of aromatic nitrogens is 3. The average Bonchev–Trinajstić information content (AvgIpc) is 3.67. The van der Waals surface area contributed by atoms with Crippen LogP contribution in [0.15, 0.2) is 206 Å². The molecule has 4 nitrogen and oxygen atoms in total. The van der Waals surface area contributed by atoms with Crippen LogP contribution in [-0.4, -0.2) is 15.0 Å². The molecule has 0 fully saturated rings. The van der Waals surface area contributed by atoms with Crippen molar-refractivity contribution in [3.63, 3.8) is 0 Å². The van der Waals surface area contributed by atoms with Gasteiger partial charge in [0.15, 0.2) is 17.5 Å². The maximum absolute atomic E-state index is 9.45. The van der Waals surface area contributed by atoms with Crippen molar-refractivity contribution in [2.75, 3.05) is 0 Å². The SMILES string of the molecule is N#Cc1cccc(-c2ccc(-c3nc(-c4ccccc4)nc(-c4ccc(-c5cc(-c6ccccc6)c6c(c5-c5ccccc5)-c5cccc7cccc-6c57)cc4)n3)cc2)c1. The molecule has 0 aliphatic heterocycles. The molecule has 0 atom stereocenters. The summed E-state index contributed by atoms with van der Waals surface area (Å²) in [6, 6.07) is 74.1. The predicted octanol–water partition coefficient (Wildman–Crippen LogP) is 14.2. The smallest absolute Gasteiger partial charge is 0.164 e. The number of rotatable bonds is 7. The van der Waals surface area contributed by atoms with Crippen LogP contribution in [0.25, 0.3) is 112 Å². The molecule has 278 valence electrons. The van der Waals surface area contributed by atoms with Gasteiger partial charge in [-0.25, -0.2) is 15.0 Å². The Hall–Kier alpha value is -8.26. The Balaban J connectivity index is 1.07. The van der Waals surface area contributed by atoms with Crippen LogP contribution in [0.3, 0.4) is 0 Å². The normalized spacial score (nSPS) is 11.3. The molecule has 0 unspecified atom stereocenters. The third kappa shape index (κ3) is 6.05. The zero-order chi connectivity index (χ0) is 40.0. The van der Waals surface area contributed by atoms with E-state index in [1.54, 1.807) is 0 Å². The van der Waals surface area contributed by atoms with E-state index in [1.807, 2.05) is 66.7 Å². The zero-order valence-electron chi connectivity index (χ0n) is 32.4. The Labute approximate surface area is 348 Å². The first-order valence-electron chi connectivity index (χ1n) is 20.1. The first kappa shape index (κ1) is 34.9. The maximum Gasteiger partial charge on any atom is 0.164 e. The third-order valence-electron chi connectivity index (χ3n) is 11.5. The molecule has 0 N–H and O–H groups in total. The predicted molar refractivity (Wildman–Crippen MR) is 245 cm³/mol. The van der Waals surface area contributed by atoms with E-state index < -0.39 is 0 Å². The highest BCUT2D eigenvalue weighted by Gasteiger charge is 2.30. The lowest BCUT2D eigenvalue weighted by atomic mass is 9.82. The van der Waals surface area contributed by atoms with E-state index in [-0.39, 0.29) is 0 Å². The third-order valence-corrected chi connectivity index (χ3v) is 11.5. The van der Waals surface area contributed by atoms with Gasteiger partial charge in [-0.3, -0.25) is 0 Å². The number of fused-ring (bicyclic) bond motifs is 3. The summed E-state index contributed by atoms with van der Waals surface area (Å²) in [6.07, 6.45) is 0. The average molecular weight is 763 g/mol. The van der Waals surface area contributed by atoms with Crippen molar-refractivity contribution in [3.8, 4) is 107 Å². The molecule has 1 aromatic heterocycles. The van der Waals surface area contributed by atoms with Crippen LogP contribution in [0, 0.1) is 11.3 Å². The minimum Gasteiger partial charge on any atom is -0.208 e. The Kier molecular flexibility index (Phi) is 8.50. The van der Waals surface area contributed by atoms with E-state index in [1.165, 1.54) is 55.3 Å². The Morgan fingerprint density at radius 3 is 1.32 bits per heavy atom. The lowest BCUT2D eigenvalue weighted by molar-refractivity contribution is 1.07. The molecule has 1 heterocycles. The number of nitrogens with zero attached hydrogens (tertiary/aromatic N) is 4. The largest absolute Gasteiger partial charge is 0.208 e. The summed E-state index contributed by atoms with van der Waals surface area (Å²) in [5.41, 5.74) is 17.5. The molecule has 9 aromatic carbocycles. The summed E-state index contributed by atoms with van der Waals surface area (Å²) >= 11 is 0. The summed E-state index contributed by atoms with van der Waals surface area (Å²) in [6.45, 7) is 0. The maximum atomic E-state index is 9.45. The fourth-order valence-electron chi connectivity index (χ4n) is 8.70. The highest BCUT2D eigenvalue weighted by Crippen LogP contribution is 2.57. The number of hydrogen-bond acceptors (Lipinski definition) is 4. The van der Waals surface area contributed by atoms with E-state index in [4.69, 9.17) is 15.0 Å². The van der Waals surface area contributed by atoms with Gasteiger partial charge >= 0.3 is 0 Å². The van der Waals surface area contributed by atoms with E-state index in [9.17, 15) is 5.26 Å². The molecular weight excluding hydrogens is 729 g/mol. The molecular formula is C56H34N4. The van der Waals surface area contributed by atoms with Crippen LogP contribution < -0.4 is 0 Å². The molecule has 0 spiro atoms. The molecule has 60 heavy (non-hydrogen) atoms. The second-order valence-corrected chi connectivity index (χ2v) is 15.1. The fourth-order valence-corrected chi connectivity index (χ4v) is 8.70. The van der Waals surface area contributed by atoms with Crippen LogP contribution in [0.2, 0.25) is 0 Å². The molecule has 11 rings (SSSR count). The van der Waals surface area contributed by atoms with Gasteiger partial charge in [-0.05, 0) is 95.7 Å². The van der Waals surface area contributed by atoms with Crippen molar-refractivity contribution in [3.05, 3.63) is 212 Å². The fraction of sp³-hybridized carbons (Fsp3) is 0. The van der Waals surface area contributed by atoms with Gasteiger partial charge in [0.2, 0.25) is 0 Å². The highest BCUT2D eigenvalue weighted by atomic mass is 15.0. The molecule has 1 aliphatic carbocycles. The molecule has 0 radical (unpaired) electrons. The van der Waals surface area contributed by atoms with Crippen LogP contribution >= 0.6 is 0 Å². The number of nitriles is 1. The van der Waals surface area contributed by atoms with Gasteiger partial charge < -0.3 is 0 Å². The van der Waals surface area contributed by atoms with Crippen molar-refractivity contribution in [1.82, 2.24) is 15.0 Å². The van der Waals surface area contributed by atoms with Crippen LogP contribution in [-0.2, 0) is 0 Å². The monoisotopic (exact) mass is 762 g/mol. The van der Waals surface area contributed by atoms with E-state index in [0.29, 0.717) is 23.0 Å². The molecule has 0 bridgehead atoms. The quantitative estimate of drug-likeness (QED) is 0.162. The first-order valence-corrected chi connectivity index (χ1v) is 20.1. The molecule has 0 amide bonds. The van der Waals surface area contributed by atoms with Gasteiger partial charge in [-0.15, -0.1) is 0 Å². The number of benzene rings is 9. The molecule has 1 aliphatic rings. The van der Waals surface area contributed by atoms with Crippen molar-refractivity contribution in [2.24, 2.45) is 0 Å². The summed E-state index contributed by atoms with van der Waals surface area (Å²) in [7, 11) is 0. The van der Waals surface area contributed by atoms with E-state index in [2.05, 4.69) is 146 Å². The minimum atomic E-state index is 0.589. The Morgan fingerprint density at radius 1 is 0.300 bits per heavy atom. The molecule has 4 heteroatoms.